The molecule has 1 aliphatic carbocycles. The molecule has 2 amide bonds. The van der Waals surface area contributed by atoms with E-state index in [1.807, 2.05) is 4.90 Å². The number of unbranched alkanes of at least 4 members (excludes halogenated alkanes) is 1. The van der Waals surface area contributed by atoms with Crippen LogP contribution in [0.3, 0.4) is 0 Å². The van der Waals surface area contributed by atoms with Crippen LogP contribution in [0.2, 0.25) is 0 Å². The van der Waals surface area contributed by atoms with Gasteiger partial charge in [0.2, 0.25) is 11.8 Å². The summed E-state index contributed by atoms with van der Waals surface area (Å²) in [5, 5.41) is 9.31. The fraction of sp³-hybridized carbons (Fsp3) is 0.731. The number of hydrogen-bond donors (Lipinski definition) is 1. The number of amides is 2. The minimum Gasteiger partial charge on any atom is -0.461 e. The molecule has 1 N–H and O–H groups in total. The first kappa shape index (κ1) is 25.3. The van der Waals surface area contributed by atoms with Gasteiger partial charge in [0, 0.05) is 31.0 Å². The maximum atomic E-state index is 14.3. The fourth-order valence-corrected chi connectivity index (χ4v) is 8.88. The second-order valence-electron chi connectivity index (χ2n) is 10.0. The molecule has 0 radical (unpaired) electrons. The van der Waals surface area contributed by atoms with Crippen molar-refractivity contribution < 1.29 is 24.2 Å². The molecule has 1 spiro atoms. The van der Waals surface area contributed by atoms with E-state index in [1.54, 1.807) is 22.7 Å². The first-order chi connectivity index (χ1) is 16.5. The van der Waals surface area contributed by atoms with Crippen LogP contribution in [-0.2, 0) is 19.1 Å². The summed E-state index contributed by atoms with van der Waals surface area (Å²) in [6, 6.07) is -0.418. The van der Waals surface area contributed by atoms with Crippen molar-refractivity contribution >= 4 is 29.5 Å². The molecule has 0 aromatic rings. The second kappa shape index (κ2) is 10.9. The average molecular weight is 491 g/mol. The van der Waals surface area contributed by atoms with Crippen molar-refractivity contribution in [2.75, 3.05) is 26.3 Å². The molecular weight excluding hydrogens is 452 g/mol. The van der Waals surface area contributed by atoms with Gasteiger partial charge in [-0.1, -0.05) is 38.0 Å². The quantitative estimate of drug-likeness (QED) is 0.272. The number of rotatable bonds is 11. The van der Waals surface area contributed by atoms with Crippen molar-refractivity contribution in [2.45, 2.75) is 79.9 Å². The predicted molar refractivity (Wildman–Crippen MR) is 132 cm³/mol. The van der Waals surface area contributed by atoms with E-state index in [0.717, 1.165) is 38.5 Å². The van der Waals surface area contributed by atoms with E-state index in [-0.39, 0.29) is 42.3 Å². The van der Waals surface area contributed by atoms with E-state index >= 15 is 0 Å². The van der Waals surface area contributed by atoms with E-state index in [0.29, 0.717) is 25.9 Å². The third kappa shape index (κ3) is 4.32. The first-order valence-corrected chi connectivity index (χ1v) is 13.7. The lowest BCUT2D eigenvalue weighted by atomic mass is 9.71. The van der Waals surface area contributed by atoms with Crippen LogP contribution in [0.15, 0.2) is 25.3 Å². The lowest BCUT2D eigenvalue weighted by Gasteiger charge is -2.41. The van der Waals surface area contributed by atoms with Crippen LogP contribution in [0.5, 0.6) is 0 Å². The number of fused-ring (bicyclic) bond motifs is 1. The minimum absolute atomic E-state index is 0.0000858. The Morgan fingerprint density at radius 3 is 2.62 bits per heavy atom. The maximum Gasteiger partial charge on any atom is 0.311 e. The largest absolute Gasteiger partial charge is 0.461 e. The summed E-state index contributed by atoms with van der Waals surface area (Å²) >= 11 is 1.67. The molecule has 3 aliphatic heterocycles. The van der Waals surface area contributed by atoms with Crippen molar-refractivity contribution in [3.63, 3.8) is 0 Å². The zero-order valence-electron chi connectivity index (χ0n) is 20.0. The van der Waals surface area contributed by atoms with Crippen LogP contribution in [0.25, 0.3) is 0 Å². The molecule has 2 unspecified atom stereocenters. The molecule has 188 valence electrons. The Kier molecular flexibility index (Phi) is 8.08. The van der Waals surface area contributed by atoms with Crippen molar-refractivity contribution in [1.29, 1.82) is 0 Å². The van der Waals surface area contributed by atoms with Crippen LogP contribution in [0.1, 0.15) is 57.8 Å². The van der Waals surface area contributed by atoms with Crippen LogP contribution in [0, 0.1) is 11.8 Å². The number of aliphatic hydroxyl groups is 1. The van der Waals surface area contributed by atoms with Gasteiger partial charge in [-0.25, -0.2) is 0 Å². The highest BCUT2D eigenvalue weighted by Crippen LogP contribution is 2.66. The number of likely N-dealkylation sites (tertiary alicyclic amines) is 1. The molecule has 8 heteroatoms. The summed E-state index contributed by atoms with van der Waals surface area (Å²) in [6.07, 6.45) is 11.4. The molecule has 5 atom stereocenters. The minimum atomic E-state index is -0.593. The van der Waals surface area contributed by atoms with Crippen LogP contribution in [-0.4, -0.2) is 81.1 Å². The Hall–Kier alpha value is -1.80. The van der Waals surface area contributed by atoms with Crippen LogP contribution >= 0.6 is 11.8 Å². The summed E-state index contributed by atoms with van der Waals surface area (Å²) in [5.74, 6) is -1.51. The van der Waals surface area contributed by atoms with Crippen molar-refractivity contribution in [3.05, 3.63) is 25.3 Å². The van der Waals surface area contributed by atoms with Gasteiger partial charge < -0.3 is 19.6 Å². The van der Waals surface area contributed by atoms with E-state index < -0.39 is 22.6 Å². The second-order valence-corrected chi connectivity index (χ2v) is 11.6. The SMILES string of the molecule is C=CCOC(=O)[C@@H]1[C@H]2C(=O)N(CCCCO)C(C(=O)N(CC=C)C3CCCCC3)C23CC[C@H]1S3. The zero-order valence-corrected chi connectivity index (χ0v) is 20.8. The van der Waals surface area contributed by atoms with E-state index in [2.05, 4.69) is 13.2 Å². The number of carbonyl (C=O) groups excluding carboxylic acids is 3. The van der Waals surface area contributed by atoms with E-state index in [4.69, 9.17) is 4.74 Å². The number of esters is 1. The topological polar surface area (TPSA) is 87.1 Å². The number of aliphatic hydroxyl groups excluding tert-OH is 1. The van der Waals surface area contributed by atoms with Gasteiger partial charge in [-0.2, -0.15) is 0 Å². The van der Waals surface area contributed by atoms with Crippen molar-refractivity contribution in [1.82, 2.24) is 9.80 Å². The van der Waals surface area contributed by atoms with E-state index in [9.17, 15) is 19.5 Å². The van der Waals surface area contributed by atoms with Crippen LogP contribution < -0.4 is 0 Å². The Morgan fingerprint density at radius 2 is 1.94 bits per heavy atom. The molecule has 1 saturated carbocycles. The van der Waals surface area contributed by atoms with Gasteiger partial charge in [-0.05, 0) is 38.5 Å². The number of thioether (sulfide) groups is 1. The average Bonchev–Trinajstić information content (AvgIpc) is 3.49. The summed E-state index contributed by atoms with van der Waals surface area (Å²) in [6.45, 7) is 8.58. The number of carbonyl (C=O) groups is 3. The van der Waals surface area contributed by atoms with Crippen molar-refractivity contribution in [3.8, 4) is 0 Å². The Labute approximate surface area is 206 Å². The molecule has 3 saturated heterocycles. The molecular formula is C26H38N2O5S. The number of nitrogens with zero attached hydrogens (tertiary/aromatic N) is 2. The van der Waals surface area contributed by atoms with E-state index in [1.165, 1.54) is 12.5 Å². The molecule has 34 heavy (non-hydrogen) atoms. The highest BCUT2D eigenvalue weighted by atomic mass is 32.2. The molecule has 2 bridgehead atoms. The molecule has 7 nitrogen and oxygen atoms in total. The Balaban J connectivity index is 1.67. The number of hydrogen-bond acceptors (Lipinski definition) is 6. The highest BCUT2D eigenvalue weighted by molar-refractivity contribution is 8.02. The van der Waals surface area contributed by atoms with Gasteiger partial charge in [0.05, 0.1) is 16.6 Å². The maximum absolute atomic E-state index is 14.3. The number of ether oxygens (including phenoxy) is 1. The van der Waals surface area contributed by atoms with Gasteiger partial charge in [-0.15, -0.1) is 18.3 Å². The van der Waals surface area contributed by atoms with Gasteiger partial charge in [-0.3, -0.25) is 14.4 Å². The normalized spacial score (nSPS) is 32.5. The standard InChI is InChI=1S/C26H38N2O5S/c1-3-14-27(18-10-6-5-7-11-18)24(31)22-26-13-12-19(34-26)20(25(32)33-17-4-2)21(26)23(30)28(22)15-8-9-16-29/h3-4,18-22,29H,1-2,5-17H2/t19-,20+,21+,22?,26?/m1/s1. The zero-order chi connectivity index (χ0) is 24.3. The third-order valence-electron chi connectivity index (χ3n) is 8.08. The third-order valence-corrected chi connectivity index (χ3v) is 10.0. The molecule has 4 aliphatic rings. The Bertz CT molecular complexity index is 813. The van der Waals surface area contributed by atoms with Gasteiger partial charge in [0.25, 0.3) is 0 Å². The predicted octanol–water partition coefficient (Wildman–Crippen LogP) is 2.93. The fourth-order valence-electron chi connectivity index (χ4n) is 6.68. The lowest BCUT2D eigenvalue weighted by molar-refractivity contribution is -0.153. The Morgan fingerprint density at radius 1 is 1.18 bits per heavy atom. The lowest BCUT2D eigenvalue weighted by Crippen LogP contribution is -2.57. The van der Waals surface area contributed by atoms with Crippen molar-refractivity contribution in [2.24, 2.45) is 11.8 Å². The van der Waals surface area contributed by atoms with Gasteiger partial charge in [0.15, 0.2) is 0 Å². The van der Waals surface area contributed by atoms with Gasteiger partial charge in [0.1, 0.15) is 12.6 Å². The molecule has 0 aromatic heterocycles. The molecule has 0 aromatic carbocycles. The van der Waals surface area contributed by atoms with Gasteiger partial charge >= 0.3 is 5.97 Å². The molecule has 4 fully saturated rings. The smallest absolute Gasteiger partial charge is 0.311 e. The molecule has 4 rings (SSSR count). The molecule has 3 heterocycles. The monoisotopic (exact) mass is 490 g/mol. The summed E-state index contributed by atoms with van der Waals surface area (Å²) < 4.78 is 4.82. The summed E-state index contributed by atoms with van der Waals surface area (Å²) in [5.41, 5.74) is 0. The summed E-state index contributed by atoms with van der Waals surface area (Å²) in [4.78, 5) is 44.9. The highest BCUT2D eigenvalue weighted by Gasteiger charge is 2.74. The summed E-state index contributed by atoms with van der Waals surface area (Å²) in [7, 11) is 0. The first-order valence-electron chi connectivity index (χ1n) is 12.8. The van der Waals surface area contributed by atoms with Crippen LogP contribution in [0.4, 0.5) is 0 Å².